The molecule has 0 saturated carbocycles. The van der Waals surface area contributed by atoms with Crippen LogP contribution in [0.15, 0.2) is 71.6 Å². The number of amides is 2. The maximum atomic E-state index is 14.0. The van der Waals surface area contributed by atoms with Crippen molar-refractivity contribution in [1.82, 2.24) is 10.2 Å². The van der Waals surface area contributed by atoms with Crippen molar-refractivity contribution in [2.75, 3.05) is 17.4 Å². The first-order valence-corrected chi connectivity index (χ1v) is 15.4. The number of carbonyl (C=O) groups excluding carboxylic acids is 2. The fraction of sp³-hybridized carbons (Fsp3) is 0.310. The minimum atomic E-state index is -4.26. The standard InChI is InChI=1S/C29H32Cl3N3O4S/c1-4-5-15-33-29(37)21(3)34(18-22-7-6-8-23(30)16-22)28(36)19-35(27-17-24(31)11-14-26(27)32)40(38,39)25-12-9-20(2)10-13-25/h6-14,16-17,21H,4-5,15,18-19H2,1-3H3,(H,33,37)/t21-/m1/s1. The molecule has 0 heterocycles. The average Bonchev–Trinajstić information content (AvgIpc) is 2.91. The number of carbonyl (C=O) groups is 2. The molecular formula is C29H32Cl3N3O4S. The molecule has 40 heavy (non-hydrogen) atoms. The van der Waals surface area contributed by atoms with Crippen molar-refractivity contribution < 1.29 is 18.0 Å². The van der Waals surface area contributed by atoms with Crippen LogP contribution in [0.2, 0.25) is 15.1 Å². The van der Waals surface area contributed by atoms with Gasteiger partial charge in [0.15, 0.2) is 0 Å². The van der Waals surface area contributed by atoms with Crippen molar-refractivity contribution in [3.05, 3.63) is 92.9 Å². The van der Waals surface area contributed by atoms with Gasteiger partial charge in [-0.3, -0.25) is 13.9 Å². The molecule has 0 saturated heterocycles. The fourth-order valence-electron chi connectivity index (χ4n) is 3.98. The summed E-state index contributed by atoms with van der Waals surface area (Å²) in [4.78, 5) is 28.3. The number of aryl methyl sites for hydroxylation is 1. The molecule has 2 amide bonds. The second kappa shape index (κ2) is 14.2. The van der Waals surface area contributed by atoms with Gasteiger partial charge in [-0.2, -0.15) is 0 Å². The highest BCUT2D eigenvalue weighted by molar-refractivity contribution is 7.92. The van der Waals surface area contributed by atoms with Crippen LogP contribution in [-0.2, 0) is 26.2 Å². The zero-order valence-corrected chi connectivity index (χ0v) is 25.6. The van der Waals surface area contributed by atoms with Crippen molar-refractivity contribution in [3.8, 4) is 0 Å². The quantitative estimate of drug-likeness (QED) is 0.234. The van der Waals surface area contributed by atoms with Gasteiger partial charge in [0.05, 0.1) is 15.6 Å². The highest BCUT2D eigenvalue weighted by Crippen LogP contribution is 2.33. The third kappa shape index (κ3) is 8.13. The summed E-state index contributed by atoms with van der Waals surface area (Å²) < 4.78 is 28.7. The van der Waals surface area contributed by atoms with Gasteiger partial charge in [-0.25, -0.2) is 8.42 Å². The van der Waals surface area contributed by atoms with Gasteiger partial charge in [-0.05, 0) is 68.3 Å². The van der Waals surface area contributed by atoms with E-state index in [9.17, 15) is 18.0 Å². The van der Waals surface area contributed by atoms with E-state index >= 15 is 0 Å². The summed E-state index contributed by atoms with van der Waals surface area (Å²) in [6.45, 7) is 5.33. The molecule has 0 aliphatic heterocycles. The number of hydrogen-bond acceptors (Lipinski definition) is 4. The lowest BCUT2D eigenvalue weighted by molar-refractivity contribution is -0.139. The van der Waals surface area contributed by atoms with E-state index in [2.05, 4.69) is 5.32 Å². The Labute approximate surface area is 251 Å². The lowest BCUT2D eigenvalue weighted by atomic mass is 10.1. The summed E-state index contributed by atoms with van der Waals surface area (Å²) in [5.41, 5.74) is 1.60. The highest BCUT2D eigenvalue weighted by Gasteiger charge is 2.33. The van der Waals surface area contributed by atoms with Crippen LogP contribution in [0.4, 0.5) is 5.69 Å². The maximum absolute atomic E-state index is 14.0. The Morgan fingerprint density at radius 1 is 0.950 bits per heavy atom. The zero-order chi connectivity index (χ0) is 29.4. The van der Waals surface area contributed by atoms with E-state index in [4.69, 9.17) is 34.8 Å². The molecule has 0 aliphatic rings. The van der Waals surface area contributed by atoms with Crippen molar-refractivity contribution >= 4 is 62.3 Å². The molecule has 7 nitrogen and oxygen atoms in total. The molecule has 214 valence electrons. The first-order valence-electron chi connectivity index (χ1n) is 12.8. The molecule has 0 bridgehead atoms. The fourth-order valence-corrected chi connectivity index (χ4v) is 6.05. The number of anilines is 1. The Balaban J connectivity index is 2.04. The monoisotopic (exact) mass is 623 g/mol. The van der Waals surface area contributed by atoms with Crippen LogP contribution in [0.3, 0.4) is 0 Å². The smallest absolute Gasteiger partial charge is 0.264 e. The van der Waals surface area contributed by atoms with Gasteiger partial charge in [0.2, 0.25) is 11.8 Å². The number of rotatable bonds is 12. The van der Waals surface area contributed by atoms with Gasteiger partial charge in [-0.15, -0.1) is 0 Å². The Morgan fingerprint density at radius 3 is 2.27 bits per heavy atom. The van der Waals surface area contributed by atoms with E-state index in [1.54, 1.807) is 43.3 Å². The Morgan fingerprint density at radius 2 is 1.62 bits per heavy atom. The van der Waals surface area contributed by atoms with E-state index < -0.39 is 28.5 Å². The minimum absolute atomic E-state index is 0.0197. The topological polar surface area (TPSA) is 86.8 Å². The predicted octanol–water partition coefficient (Wildman–Crippen LogP) is 6.48. The molecule has 1 N–H and O–H groups in total. The van der Waals surface area contributed by atoms with Gasteiger partial charge in [0.1, 0.15) is 12.6 Å². The molecule has 0 fully saturated rings. The molecule has 0 unspecified atom stereocenters. The molecular weight excluding hydrogens is 593 g/mol. The lowest BCUT2D eigenvalue weighted by Crippen LogP contribution is -2.51. The van der Waals surface area contributed by atoms with E-state index in [0.29, 0.717) is 17.1 Å². The van der Waals surface area contributed by atoms with Gasteiger partial charge in [-0.1, -0.05) is 78.0 Å². The minimum Gasteiger partial charge on any atom is -0.354 e. The van der Waals surface area contributed by atoms with Gasteiger partial charge in [0.25, 0.3) is 10.0 Å². The van der Waals surface area contributed by atoms with Crippen LogP contribution < -0.4 is 9.62 Å². The molecule has 0 aromatic heterocycles. The summed E-state index contributed by atoms with van der Waals surface area (Å²) in [6, 6.07) is 16.7. The van der Waals surface area contributed by atoms with Gasteiger partial charge in [0, 0.05) is 23.1 Å². The van der Waals surface area contributed by atoms with Crippen LogP contribution >= 0.6 is 34.8 Å². The molecule has 1 atom stereocenters. The normalized spacial score (nSPS) is 12.1. The number of halogens is 3. The van der Waals surface area contributed by atoms with Crippen LogP contribution in [0.25, 0.3) is 0 Å². The lowest BCUT2D eigenvalue weighted by Gasteiger charge is -2.32. The van der Waals surface area contributed by atoms with Crippen molar-refractivity contribution in [3.63, 3.8) is 0 Å². The Hall–Kier alpha value is -2.78. The first kappa shape index (κ1) is 31.7. The molecule has 0 radical (unpaired) electrons. The maximum Gasteiger partial charge on any atom is 0.264 e. The van der Waals surface area contributed by atoms with E-state index in [1.165, 1.54) is 35.2 Å². The van der Waals surface area contributed by atoms with Crippen LogP contribution in [0.5, 0.6) is 0 Å². The summed E-state index contributed by atoms with van der Waals surface area (Å²) in [5, 5.41) is 3.66. The molecule has 11 heteroatoms. The number of benzene rings is 3. The van der Waals surface area contributed by atoms with E-state index in [-0.39, 0.29) is 33.1 Å². The first-order chi connectivity index (χ1) is 18.9. The zero-order valence-electron chi connectivity index (χ0n) is 22.5. The number of nitrogens with one attached hydrogen (secondary N) is 1. The number of unbranched alkanes of at least 4 members (excludes halogenated alkanes) is 1. The number of nitrogens with zero attached hydrogens (tertiary/aromatic N) is 2. The number of sulfonamides is 1. The Kier molecular flexibility index (Phi) is 11.3. The van der Waals surface area contributed by atoms with Gasteiger partial charge >= 0.3 is 0 Å². The number of hydrogen-bond donors (Lipinski definition) is 1. The van der Waals surface area contributed by atoms with Gasteiger partial charge < -0.3 is 10.2 Å². The largest absolute Gasteiger partial charge is 0.354 e. The predicted molar refractivity (Wildman–Crippen MR) is 162 cm³/mol. The van der Waals surface area contributed by atoms with Crippen LogP contribution in [0.1, 0.15) is 37.8 Å². The molecule has 0 spiro atoms. The second-order valence-corrected chi connectivity index (χ2v) is 12.5. The summed E-state index contributed by atoms with van der Waals surface area (Å²) in [5.74, 6) is -0.956. The SMILES string of the molecule is CCCCNC(=O)[C@@H](C)N(Cc1cccc(Cl)c1)C(=O)CN(c1cc(Cl)ccc1Cl)S(=O)(=O)c1ccc(C)cc1. The van der Waals surface area contributed by atoms with E-state index in [0.717, 1.165) is 22.7 Å². The van der Waals surface area contributed by atoms with E-state index in [1.807, 2.05) is 13.8 Å². The molecule has 3 aromatic carbocycles. The van der Waals surface area contributed by atoms with Crippen molar-refractivity contribution in [2.45, 2.75) is 51.1 Å². The third-order valence-electron chi connectivity index (χ3n) is 6.30. The average molecular weight is 625 g/mol. The van der Waals surface area contributed by atoms with Crippen LogP contribution in [-0.4, -0.2) is 44.3 Å². The second-order valence-electron chi connectivity index (χ2n) is 9.39. The van der Waals surface area contributed by atoms with Crippen molar-refractivity contribution in [1.29, 1.82) is 0 Å². The summed E-state index contributed by atoms with van der Waals surface area (Å²) in [7, 11) is -4.26. The molecule has 3 aromatic rings. The Bertz CT molecular complexity index is 1450. The molecule has 0 aliphatic carbocycles. The molecule has 3 rings (SSSR count). The summed E-state index contributed by atoms with van der Waals surface area (Å²) in [6.07, 6.45) is 1.68. The van der Waals surface area contributed by atoms with Crippen molar-refractivity contribution in [2.24, 2.45) is 0 Å². The highest BCUT2D eigenvalue weighted by atomic mass is 35.5. The summed E-state index contributed by atoms with van der Waals surface area (Å²) >= 11 is 18.8. The van der Waals surface area contributed by atoms with Crippen LogP contribution in [0, 0.1) is 6.92 Å². The third-order valence-corrected chi connectivity index (χ3v) is 8.87.